The SMILES string of the molecule is CNc1nc(NCc2ccccn2)c2ccccc2n1. The van der Waals surface area contributed by atoms with Crippen molar-refractivity contribution in [1.29, 1.82) is 0 Å². The van der Waals surface area contributed by atoms with Crippen molar-refractivity contribution in [1.82, 2.24) is 15.0 Å². The Balaban J connectivity index is 1.93. The lowest BCUT2D eigenvalue weighted by Gasteiger charge is -2.10. The lowest BCUT2D eigenvalue weighted by atomic mass is 10.2. The van der Waals surface area contributed by atoms with E-state index in [0.29, 0.717) is 12.5 Å². The third kappa shape index (κ3) is 2.51. The molecule has 0 bridgehead atoms. The van der Waals surface area contributed by atoms with Gasteiger partial charge in [-0.3, -0.25) is 4.98 Å². The van der Waals surface area contributed by atoms with Gasteiger partial charge in [0.15, 0.2) is 0 Å². The number of pyridine rings is 1. The van der Waals surface area contributed by atoms with E-state index in [1.165, 1.54) is 0 Å². The second-order valence-electron chi connectivity index (χ2n) is 4.34. The molecular weight excluding hydrogens is 250 g/mol. The molecule has 2 N–H and O–H groups in total. The Morgan fingerprint density at radius 1 is 1.00 bits per heavy atom. The minimum atomic E-state index is 0.604. The molecule has 0 saturated carbocycles. The number of rotatable bonds is 4. The third-order valence-corrected chi connectivity index (χ3v) is 2.99. The van der Waals surface area contributed by atoms with Crippen LogP contribution in [0, 0.1) is 0 Å². The van der Waals surface area contributed by atoms with Crippen LogP contribution in [-0.2, 0) is 6.54 Å². The van der Waals surface area contributed by atoms with Gasteiger partial charge in [-0.25, -0.2) is 4.98 Å². The first-order chi connectivity index (χ1) is 9.86. The van der Waals surface area contributed by atoms with Gasteiger partial charge in [0.2, 0.25) is 5.95 Å². The first kappa shape index (κ1) is 12.3. The van der Waals surface area contributed by atoms with Gasteiger partial charge < -0.3 is 10.6 Å². The zero-order chi connectivity index (χ0) is 13.8. The topological polar surface area (TPSA) is 62.7 Å². The second-order valence-corrected chi connectivity index (χ2v) is 4.34. The first-order valence-electron chi connectivity index (χ1n) is 6.45. The molecular formula is C15H15N5. The summed E-state index contributed by atoms with van der Waals surface area (Å²) in [6.07, 6.45) is 1.79. The van der Waals surface area contributed by atoms with Gasteiger partial charge >= 0.3 is 0 Å². The highest BCUT2D eigenvalue weighted by Gasteiger charge is 2.06. The summed E-state index contributed by atoms with van der Waals surface area (Å²) in [5.74, 6) is 1.41. The molecule has 1 aromatic carbocycles. The van der Waals surface area contributed by atoms with Crippen molar-refractivity contribution in [2.45, 2.75) is 6.54 Å². The van der Waals surface area contributed by atoms with Gasteiger partial charge in [-0.2, -0.15) is 4.98 Å². The van der Waals surface area contributed by atoms with Gasteiger partial charge in [0, 0.05) is 18.6 Å². The Bertz CT molecular complexity index is 712. The Morgan fingerprint density at radius 2 is 1.85 bits per heavy atom. The van der Waals surface area contributed by atoms with E-state index >= 15 is 0 Å². The van der Waals surface area contributed by atoms with Crippen LogP contribution < -0.4 is 10.6 Å². The Labute approximate surface area is 117 Å². The number of hydrogen-bond acceptors (Lipinski definition) is 5. The number of benzene rings is 1. The molecule has 0 atom stereocenters. The molecule has 0 aliphatic rings. The maximum absolute atomic E-state index is 4.47. The van der Waals surface area contributed by atoms with E-state index in [1.54, 1.807) is 6.20 Å². The van der Waals surface area contributed by atoms with Gasteiger partial charge in [0.1, 0.15) is 5.82 Å². The number of nitrogens with zero attached hydrogens (tertiary/aromatic N) is 3. The summed E-state index contributed by atoms with van der Waals surface area (Å²) < 4.78 is 0. The Morgan fingerprint density at radius 3 is 2.65 bits per heavy atom. The van der Waals surface area contributed by atoms with Crippen LogP contribution in [0.3, 0.4) is 0 Å². The average molecular weight is 265 g/mol. The van der Waals surface area contributed by atoms with Crippen LogP contribution in [0.4, 0.5) is 11.8 Å². The number of aromatic nitrogens is 3. The molecule has 5 heteroatoms. The van der Waals surface area contributed by atoms with E-state index in [4.69, 9.17) is 0 Å². The van der Waals surface area contributed by atoms with Crippen LogP contribution in [-0.4, -0.2) is 22.0 Å². The normalized spacial score (nSPS) is 10.4. The van der Waals surface area contributed by atoms with Crippen molar-refractivity contribution in [2.24, 2.45) is 0 Å². The summed E-state index contributed by atoms with van der Waals surface area (Å²) in [6, 6.07) is 13.8. The summed E-state index contributed by atoms with van der Waals surface area (Å²) >= 11 is 0. The summed E-state index contributed by atoms with van der Waals surface area (Å²) in [5, 5.41) is 7.31. The van der Waals surface area contributed by atoms with Crippen LogP contribution in [0.1, 0.15) is 5.69 Å². The van der Waals surface area contributed by atoms with Crippen molar-refractivity contribution in [3.05, 3.63) is 54.4 Å². The van der Waals surface area contributed by atoms with E-state index in [9.17, 15) is 0 Å². The summed E-state index contributed by atoms with van der Waals surface area (Å²) in [5.41, 5.74) is 1.89. The number of anilines is 2. The smallest absolute Gasteiger partial charge is 0.224 e. The molecule has 0 amide bonds. The van der Waals surface area contributed by atoms with Crippen LogP contribution in [0.5, 0.6) is 0 Å². The van der Waals surface area contributed by atoms with Crippen LogP contribution in [0.2, 0.25) is 0 Å². The molecule has 2 aromatic heterocycles. The van der Waals surface area contributed by atoms with Crippen LogP contribution in [0.25, 0.3) is 10.9 Å². The fourth-order valence-electron chi connectivity index (χ4n) is 2.00. The molecule has 0 saturated heterocycles. The van der Waals surface area contributed by atoms with Crippen molar-refractivity contribution in [2.75, 3.05) is 17.7 Å². The highest BCUT2D eigenvalue weighted by Crippen LogP contribution is 2.21. The quantitative estimate of drug-likeness (QED) is 0.759. The number of para-hydroxylation sites is 1. The minimum absolute atomic E-state index is 0.604. The molecule has 3 aromatic rings. The standard InChI is InChI=1S/C15H15N5/c1-16-15-19-13-8-3-2-7-12(13)14(20-15)18-10-11-6-4-5-9-17-11/h2-9H,10H2,1H3,(H2,16,18,19,20). The Hall–Kier alpha value is -2.69. The van der Waals surface area contributed by atoms with Gasteiger partial charge in [-0.15, -0.1) is 0 Å². The fourth-order valence-corrected chi connectivity index (χ4v) is 2.00. The number of nitrogens with one attached hydrogen (secondary N) is 2. The largest absolute Gasteiger partial charge is 0.364 e. The van der Waals surface area contributed by atoms with E-state index in [-0.39, 0.29) is 0 Å². The lowest BCUT2D eigenvalue weighted by Crippen LogP contribution is -2.06. The van der Waals surface area contributed by atoms with E-state index in [2.05, 4.69) is 25.6 Å². The van der Waals surface area contributed by atoms with E-state index < -0.39 is 0 Å². The molecule has 0 aliphatic carbocycles. The van der Waals surface area contributed by atoms with Gasteiger partial charge in [-0.05, 0) is 24.3 Å². The molecule has 0 fully saturated rings. The maximum Gasteiger partial charge on any atom is 0.224 e. The first-order valence-corrected chi connectivity index (χ1v) is 6.45. The lowest BCUT2D eigenvalue weighted by molar-refractivity contribution is 1.03. The van der Waals surface area contributed by atoms with Crippen LogP contribution in [0.15, 0.2) is 48.7 Å². The van der Waals surface area contributed by atoms with Crippen molar-refractivity contribution in [3.8, 4) is 0 Å². The Kier molecular flexibility index (Phi) is 3.41. The highest BCUT2D eigenvalue weighted by atomic mass is 15.1. The van der Waals surface area contributed by atoms with Crippen LogP contribution >= 0.6 is 0 Å². The molecule has 0 aliphatic heterocycles. The molecule has 0 unspecified atom stereocenters. The summed E-state index contributed by atoms with van der Waals surface area (Å²) in [6.45, 7) is 0.630. The highest BCUT2D eigenvalue weighted by molar-refractivity contribution is 5.89. The number of fused-ring (bicyclic) bond motifs is 1. The zero-order valence-corrected chi connectivity index (χ0v) is 11.2. The van der Waals surface area contributed by atoms with E-state index in [1.807, 2.05) is 49.5 Å². The molecule has 2 heterocycles. The van der Waals surface area contributed by atoms with Gasteiger partial charge in [0.25, 0.3) is 0 Å². The molecule has 100 valence electrons. The molecule has 3 rings (SSSR count). The average Bonchev–Trinajstić information content (AvgIpc) is 2.53. The monoisotopic (exact) mass is 265 g/mol. The summed E-state index contributed by atoms with van der Waals surface area (Å²) in [7, 11) is 1.81. The van der Waals surface area contributed by atoms with Crippen molar-refractivity contribution in [3.63, 3.8) is 0 Å². The fraction of sp³-hybridized carbons (Fsp3) is 0.133. The predicted molar refractivity (Wildman–Crippen MR) is 80.6 cm³/mol. The van der Waals surface area contributed by atoms with Crippen molar-refractivity contribution >= 4 is 22.7 Å². The van der Waals surface area contributed by atoms with Crippen molar-refractivity contribution < 1.29 is 0 Å². The molecule has 5 nitrogen and oxygen atoms in total. The minimum Gasteiger partial charge on any atom is -0.364 e. The molecule has 0 spiro atoms. The third-order valence-electron chi connectivity index (χ3n) is 2.99. The van der Waals surface area contributed by atoms with Gasteiger partial charge in [-0.1, -0.05) is 18.2 Å². The maximum atomic E-state index is 4.47. The van der Waals surface area contributed by atoms with E-state index in [0.717, 1.165) is 22.4 Å². The number of hydrogen-bond donors (Lipinski definition) is 2. The molecule has 20 heavy (non-hydrogen) atoms. The summed E-state index contributed by atoms with van der Waals surface area (Å²) in [4.78, 5) is 13.2. The zero-order valence-electron chi connectivity index (χ0n) is 11.2. The second kappa shape index (κ2) is 5.52. The van der Waals surface area contributed by atoms with Gasteiger partial charge in [0.05, 0.1) is 17.8 Å². The molecule has 0 radical (unpaired) electrons. The predicted octanol–water partition coefficient (Wildman–Crippen LogP) is 2.68.